The molecule has 6 heteroatoms. The molecule has 0 N–H and O–H groups in total. The maximum absolute atomic E-state index is 13.9. The summed E-state index contributed by atoms with van der Waals surface area (Å²) in [6.45, 7) is 2.02. The summed E-state index contributed by atoms with van der Waals surface area (Å²) in [6.07, 6.45) is -0.666. The molecule has 1 aliphatic rings. The number of rotatable bonds is 2. The molecule has 1 atom stereocenters. The number of benzene rings is 2. The van der Waals surface area contributed by atoms with Gasteiger partial charge in [-0.3, -0.25) is 4.79 Å². The van der Waals surface area contributed by atoms with Crippen LogP contribution in [0.4, 0.5) is 8.78 Å². The fourth-order valence-electron chi connectivity index (χ4n) is 2.56. The van der Waals surface area contributed by atoms with Crippen molar-refractivity contribution in [2.24, 2.45) is 0 Å². The molecule has 0 spiro atoms. The average Bonchev–Trinajstić information content (AvgIpc) is 2.61. The lowest BCUT2D eigenvalue weighted by Gasteiger charge is -2.22. The standard InChI is InChI=1S/C17H14BrF2NO2/c1-10-17(22)21(8-11-2-4-14(19)7-15(11)20)9-12-6-13(18)3-5-16(12)23-10/h2-7,10H,8-9H2,1H3. The third-order valence-electron chi connectivity index (χ3n) is 3.72. The molecule has 1 amide bonds. The lowest BCUT2D eigenvalue weighted by molar-refractivity contribution is -0.138. The molecule has 0 fully saturated rings. The van der Waals surface area contributed by atoms with Gasteiger partial charge < -0.3 is 9.64 Å². The van der Waals surface area contributed by atoms with E-state index in [0.717, 1.165) is 16.1 Å². The van der Waals surface area contributed by atoms with Gasteiger partial charge in [-0.25, -0.2) is 8.78 Å². The van der Waals surface area contributed by atoms with Crippen LogP contribution in [-0.4, -0.2) is 16.9 Å². The molecular weight excluding hydrogens is 368 g/mol. The highest BCUT2D eigenvalue weighted by Crippen LogP contribution is 2.29. The fraction of sp³-hybridized carbons (Fsp3) is 0.235. The number of amides is 1. The predicted molar refractivity (Wildman–Crippen MR) is 84.8 cm³/mol. The van der Waals surface area contributed by atoms with Crippen LogP contribution in [0.15, 0.2) is 40.9 Å². The minimum absolute atomic E-state index is 0.0601. The number of hydrogen-bond acceptors (Lipinski definition) is 2. The van der Waals surface area contributed by atoms with Crippen molar-refractivity contribution in [2.45, 2.75) is 26.1 Å². The van der Waals surface area contributed by atoms with Gasteiger partial charge in [-0.1, -0.05) is 22.0 Å². The van der Waals surface area contributed by atoms with Gasteiger partial charge in [-0.05, 0) is 31.2 Å². The molecular formula is C17H14BrF2NO2. The first kappa shape index (κ1) is 15.9. The Morgan fingerprint density at radius 3 is 2.78 bits per heavy atom. The van der Waals surface area contributed by atoms with E-state index in [1.54, 1.807) is 13.0 Å². The minimum Gasteiger partial charge on any atom is -0.481 e. The van der Waals surface area contributed by atoms with Gasteiger partial charge in [0.2, 0.25) is 0 Å². The number of ether oxygens (including phenoxy) is 1. The molecule has 0 saturated heterocycles. The second-order valence-corrected chi connectivity index (χ2v) is 6.36. The summed E-state index contributed by atoms with van der Waals surface area (Å²) in [4.78, 5) is 14.0. The molecule has 1 heterocycles. The van der Waals surface area contributed by atoms with Gasteiger partial charge in [0, 0.05) is 34.8 Å². The lowest BCUT2D eigenvalue weighted by Crippen LogP contribution is -2.37. The van der Waals surface area contributed by atoms with Gasteiger partial charge in [-0.2, -0.15) is 0 Å². The molecule has 3 rings (SSSR count). The summed E-state index contributed by atoms with van der Waals surface area (Å²) in [6, 6.07) is 8.87. The van der Waals surface area contributed by atoms with Crippen LogP contribution in [0.5, 0.6) is 5.75 Å². The average molecular weight is 382 g/mol. The third-order valence-corrected chi connectivity index (χ3v) is 4.22. The predicted octanol–water partition coefficient (Wildman–Crippen LogP) is 4.04. The Balaban J connectivity index is 1.92. The van der Waals surface area contributed by atoms with Crippen molar-refractivity contribution in [2.75, 3.05) is 0 Å². The molecule has 0 saturated carbocycles. The summed E-state index contributed by atoms with van der Waals surface area (Å²) >= 11 is 3.39. The fourth-order valence-corrected chi connectivity index (χ4v) is 2.97. The van der Waals surface area contributed by atoms with Crippen molar-refractivity contribution in [3.8, 4) is 5.75 Å². The van der Waals surface area contributed by atoms with Crippen LogP contribution in [0.25, 0.3) is 0 Å². The summed E-state index contributed by atoms with van der Waals surface area (Å²) < 4.78 is 33.4. The van der Waals surface area contributed by atoms with E-state index >= 15 is 0 Å². The quantitative estimate of drug-likeness (QED) is 0.785. The molecule has 0 aromatic heterocycles. The lowest BCUT2D eigenvalue weighted by atomic mass is 10.1. The first-order valence-corrected chi connectivity index (χ1v) is 7.91. The molecule has 0 bridgehead atoms. The van der Waals surface area contributed by atoms with Crippen molar-refractivity contribution >= 4 is 21.8 Å². The van der Waals surface area contributed by atoms with Crippen molar-refractivity contribution in [1.29, 1.82) is 0 Å². The monoisotopic (exact) mass is 381 g/mol. The van der Waals surface area contributed by atoms with Crippen molar-refractivity contribution < 1.29 is 18.3 Å². The van der Waals surface area contributed by atoms with E-state index in [9.17, 15) is 13.6 Å². The number of carbonyl (C=O) groups excluding carboxylic acids is 1. The zero-order valence-electron chi connectivity index (χ0n) is 12.4. The van der Waals surface area contributed by atoms with E-state index in [0.29, 0.717) is 12.3 Å². The molecule has 120 valence electrons. The Kier molecular flexibility index (Phi) is 4.35. The maximum Gasteiger partial charge on any atom is 0.263 e. The highest BCUT2D eigenvalue weighted by Gasteiger charge is 2.28. The van der Waals surface area contributed by atoms with Crippen molar-refractivity contribution in [1.82, 2.24) is 4.90 Å². The number of hydrogen-bond donors (Lipinski definition) is 0. The third kappa shape index (κ3) is 3.37. The highest BCUT2D eigenvalue weighted by atomic mass is 79.9. The zero-order valence-corrected chi connectivity index (χ0v) is 13.9. The molecule has 2 aromatic carbocycles. The van der Waals surface area contributed by atoms with Crippen LogP contribution in [0.3, 0.4) is 0 Å². The summed E-state index contributed by atoms with van der Waals surface area (Å²) in [5.74, 6) is -0.901. The molecule has 3 nitrogen and oxygen atoms in total. The van der Waals surface area contributed by atoms with E-state index in [1.165, 1.54) is 17.0 Å². The first-order chi connectivity index (χ1) is 10.9. The first-order valence-electron chi connectivity index (χ1n) is 7.12. The second-order valence-electron chi connectivity index (χ2n) is 5.44. The molecule has 0 aliphatic carbocycles. The van der Waals surface area contributed by atoms with Gasteiger partial charge >= 0.3 is 0 Å². The smallest absolute Gasteiger partial charge is 0.263 e. The van der Waals surface area contributed by atoms with Crippen LogP contribution in [0.2, 0.25) is 0 Å². The molecule has 1 aliphatic heterocycles. The highest BCUT2D eigenvalue weighted by molar-refractivity contribution is 9.10. The van der Waals surface area contributed by atoms with Crippen LogP contribution < -0.4 is 4.74 Å². The van der Waals surface area contributed by atoms with Crippen LogP contribution in [0, 0.1) is 11.6 Å². The number of fused-ring (bicyclic) bond motifs is 1. The maximum atomic E-state index is 13.9. The van der Waals surface area contributed by atoms with Gasteiger partial charge in [0.25, 0.3) is 5.91 Å². The van der Waals surface area contributed by atoms with Gasteiger partial charge in [-0.15, -0.1) is 0 Å². The molecule has 1 unspecified atom stereocenters. The summed E-state index contributed by atoms with van der Waals surface area (Å²) in [5, 5.41) is 0. The number of nitrogens with zero attached hydrogens (tertiary/aromatic N) is 1. The largest absolute Gasteiger partial charge is 0.481 e. The molecule has 0 radical (unpaired) electrons. The van der Waals surface area contributed by atoms with E-state index in [2.05, 4.69) is 15.9 Å². The zero-order chi connectivity index (χ0) is 16.6. The Morgan fingerprint density at radius 1 is 1.26 bits per heavy atom. The SMILES string of the molecule is CC1Oc2ccc(Br)cc2CN(Cc2ccc(F)cc2F)C1=O. The molecule has 23 heavy (non-hydrogen) atoms. The Labute approximate surface area is 141 Å². The van der Waals surface area contributed by atoms with E-state index in [1.807, 2.05) is 12.1 Å². The summed E-state index contributed by atoms with van der Waals surface area (Å²) in [5.41, 5.74) is 1.10. The van der Waals surface area contributed by atoms with Crippen molar-refractivity contribution in [3.05, 3.63) is 63.6 Å². The van der Waals surface area contributed by atoms with E-state index < -0.39 is 17.7 Å². The topological polar surface area (TPSA) is 29.5 Å². The summed E-state index contributed by atoms with van der Waals surface area (Å²) in [7, 11) is 0. The van der Waals surface area contributed by atoms with Gasteiger partial charge in [0.05, 0.1) is 0 Å². The Morgan fingerprint density at radius 2 is 2.04 bits per heavy atom. The van der Waals surface area contributed by atoms with Crippen molar-refractivity contribution in [3.63, 3.8) is 0 Å². The van der Waals surface area contributed by atoms with Crippen LogP contribution in [-0.2, 0) is 17.9 Å². The normalized spacial score (nSPS) is 17.5. The second kappa shape index (κ2) is 6.28. The van der Waals surface area contributed by atoms with Crippen LogP contribution in [0.1, 0.15) is 18.1 Å². The Bertz CT molecular complexity index is 766. The van der Waals surface area contributed by atoms with Gasteiger partial charge in [0.15, 0.2) is 6.10 Å². The van der Waals surface area contributed by atoms with Gasteiger partial charge in [0.1, 0.15) is 17.4 Å². The Hall–Kier alpha value is -1.95. The molecule has 2 aromatic rings. The number of halogens is 3. The van der Waals surface area contributed by atoms with Crippen LogP contribution >= 0.6 is 15.9 Å². The van der Waals surface area contributed by atoms with E-state index in [4.69, 9.17) is 4.74 Å². The minimum atomic E-state index is -0.666. The number of carbonyl (C=O) groups is 1. The van der Waals surface area contributed by atoms with E-state index in [-0.39, 0.29) is 18.0 Å².